The highest BCUT2D eigenvalue weighted by atomic mass is 79.9. The minimum atomic E-state index is -0.485. The number of carbonyl (C=O) groups is 1. The average Bonchev–Trinajstić information content (AvgIpc) is 3.28. The molecule has 1 heterocycles. The molecule has 164 valence electrons. The molecule has 0 bridgehead atoms. The summed E-state index contributed by atoms with van der Waals surface area (Å²) in [5.41, 5.74) is 2.24. The standard InChI is InChI=1S/C24H20BrCl2N3O2/c1-32-22-5-3-2-4-18(22)24(31)28-23(17-11-10-16(26)12-19(17)27)21-13-20(29-30-21)14-6-8-15(25)9-7-14/h2-12,20-21,23H,13H2,1H3,(H,28,31). The van der Waals surface area contributed by atoms with Crippen LogP contribution in [-0.4, -0.2) is 19.1 Å². The van der Waals surface area contributed by atoms with Crippen LogP contribution < -0.4 is 10.1 Å². The van der Waals surface area contributed by atoms with E-state index in [9.17, 15) is 4.79 Å². The van der Waals surface area contributed by atoms with Crippen molar-refractivity contribution in [3.63, 3.8) is 0 Å². The molecule has 3 aromatic carbocycles. The summed E-state index contributed by atoms with van der Waals surface area (Å²) in [5.74, 6) is 0.215. The molecule has 1 aliphatic heterocycles. The molecule has 0 aliphatic carbocycles. The Kier molecular flexibility index (Phi) is 7.13. The summed E-state index contributed by atoms with van der Waals surface area (Å²) >= 11 is 16.1. The smallest absolute Gasteiger partial charge is 0.255 e. The molecule has 0 fully saturated rings. The summed E-state index contributed by atoms with van der Waals surface area (Å²) in [4.78, 5) is 13.2. The number of nitrogens with one attached hydrogen (secondary N) is 1. The Bertz CT molecular complexity index is 1150. The van der Waals surface area contributed by atoms with Crippen LogP contribution in [0.1, 0.15) is 40.0 Å². The van der Waals surface area contributed by atoms with Gasteiger partial charge in [0.25, 0.3) is 5.91 Å². The molecule has 32 heavy (non-hydrogen) atoms. The third-order valence-electron chi connectivity index (χ3n) is 5.39. The van der Waals surface area contributed by atoms with Crippen LogP contribution in [0.3, 0.4) is 0 Å². The fourth-order valence-electron chi connectivity index (χ4n) is 3.77. The van der Waals surface area contributed by atoms with Crippen molar-refractivity contribution in [2.24, 2.45) is 10.2 Å². The lowest BCUT2D eigenvalue weighted by Crippen LogP contribution is -2.35. The molecule has 1 amide bonds. The van der Waals surface area contributed by atoms with E-state index in [2.05, 4.69) is 31.5 Å². The number of nitrogens with zero attached hydrogens (tertiary/aromatic N) is 2. The Morgan fingerprint density at radius 1 is 1.09 bits per heavy atom. The number of hydrogen-bond donors (Lipinski definition) is 1. The van der Waals surface area contributed by atoms with E-state index in [-0.39, 0.29) is 18.0 Å². The quantitative estimate of drug-likeness (QED) is 0.364. The Morgan fingerprint density at radius 3 is 2.56 bits per heavy atom. The summed E-state index contributed by atoms with van der Waals surface area (Å²) in [5, 5.41) is 13.1. The summed E-state index contributed by atoms with van der Waals surface area (Å²) in [6, 6.07) is 19.5. The number of hydrogen-bond acceptors (Lipinski definition) is 4. The molecule has 0 radical (unpaired) electrons. The van der Waals surface area contributed by atoms with Crippen LogP contribution in [0.15, 0.2) is 81.4 Å². The molecule has 0 saturated heterocycles. The first-order valence-corrected chi connectivity index (χ1v) is 11.6. The van der Waals surface area contributed by atoms with Crippen molar-refractivity contribution in [2.75, 3.05) is 7.11 Å². The van der Waals surface area contributed by atoms with Gasteiger partial charge in [0, 0.05) is 20.9 Å². The zero-order valence-electron chi connectivity index (χ0n) is 17.1. The van der Waals surface area contributed by atoms with Crippen molar-refractivity contribution < 1.29 is 9.53 Å². The monoisotopic (exact) mass is 531 g/mol. The predicted octanol–water partition coefficient (Wildman–Crippen LogP) is 7.20. The zero-order chi connectivity index (χ0) is 22.7. The summed E-state index contributed by atoms with van der Waals surface area (Å²) < 4.78 is 6.36. The first kappa shape index (κ1) is 22.8. The lowest BCUT2D eigenvalue weighted by atomic mass is 9.93. The number of methoxy groups -OCH3 is 1. The normalized spacial score (nSPS) is 18.4. The van der Waals surface area contributed by atoms with Gasteiger partial charge in [-0.25, -0.2) is 0 Å². The Hall–Kier alpha value is -2.41. The van der Waals surface area contributed by atoms with E-state index in [0.29, 0.717) is 27.8 Å². The van der Waals surface area contributed by atoms with Crippen LogP contribution in [-0.2, 0) is 0 Å². The molecule has 1 N–H and O–H groups in total. The van der Waals surface area contributed by atoms with E-state index in [1.54, 1.807) is 30.3 Å². The van der Waals surface area contributed by atoms with Gasteiger partial charge in [0.2, 0.25) is 0 Å². The molecule has 3 unspecified atom stereocenters. The largest absolute Gasteiger partial charge is 0.496 e. The van der Waals surface area contributed by atoms with E-state index in [0.717, 1.165) is 15.6 Å². The van der Waals surface area contributed by atoms with Crippen molar-refractivity contribution in [1.82, 2.24) is 5.32 Å². The minimum Gasteiger partial charge on any atom is -0.496 e. The van der Waals surface area contributed by atoms with Gasteiger partial charge in [0.15, 0.2) is 0 Å². The van der Waals surface area contributed by atoms with E-state index < -0.39 is 6.04 Å². The maximum Gasteiger partial charge on any atom is 0.255 e. The number of para-hydroxylation sites is 1. The van der Waals surface area contributed by atoms with Crippen molar-refractivity contribution in [3.8, 4) is 5.75 Å². The highest BCUT2D eigenvalue weighted by Crippen LogP contribution is 2.39. The van der Waals surface area contributed by atoms with E-state index in [1.807, 2.05) is 36.4 Å². The molecular formula is C24H20BrCl2N3O2. The second kappa shape index (κ2) is 10.0. The van der Waals surface area contributed by atoms with E-state index >= 15 is 0 Å². The highest BCUT2D eigenvalue weighted by Gasteiger charge is 2.34. The van der Waals surface area contributed by atoms with Gasteiger partial charge in [-0.15, -0.1) is 0 Å². The van der Waals surface area contributed by atoms with Gasteiger partial charge < -0.3 is 10.1 Å². The number of halogens is 3. The third kappa shape index (κ3) is 4.98. The van der Waals surface area contributed by atoms with Gasteiger partial charge >= 0.3 is 0 Å². The third-order valence-corrected chi connectivity index (χ3v) is 6.49. The molecule has 0 saturated carbocycles. The molecule has 3 atom stereocenters. The lowest BCUT2D eigenvalue weighted by Gasteiger charge is -2.24. The number of carbonyl (C=O) groups excluding carboxylic acids is 1. The SMILES string of the molecule is COc1ccccc1C(=O)NC(c1ccc(Cl)cc1Cl)C1CC(c2ccc(Br)cc2)N=N1. The second-order valence-electron chi connectivity index (χ2n) is 7.42. The average molecular weight is 533 g/mol. The second-order valence-corrected chi connectivity index (χ2v) is 9.18. The predicted molar refractivity (Wildman–Crippen MR) is 130 cm³/mol. The van der Waals surface area contributed by atoms with Gasteiger partial charge in [0.05, 0.1) is 30.8 Å². The molecule has 0 spiro atoms. The van der Waals surface area contributed by atoms with Gasteiger partial charge in [-0.1, -0.05) is 69.5 Å². The summed E-state index contributed by atoms with van der Waals surface area (Å²) in [7, 11) is 1.54. The van der Waals surface area contributed by atoms with Crippen LogP contribution >= 0.6 is 39.1 Å². The van der Waals surface area contributed by atoms with Crippen molar-refractivity contribution in [3.05, 3.63) is 97.9 Å². The first-order chi connectivity index (χ1) is 15.5. The summed E-state index contributed by atoms with van der Waals surface area (Å²) in [6.07, 6.45) is 0.636. The van der Waals surface area contributed by atoms with Crippen LogP contribution in [0.4, 0.5) is 0 Å². The van der Waals surface area contributed by atoms with Gasteiger partial charge in [-0.05, 0) is 47.5 Å². The highest BCUT2D eigenvalue weighted by molar-refractivity contribution is 9.10. The summed E-state index contributed by atoms with van der Waals surface area (Å²) in [6.45, 7) is 0. The fourth-order valence-corrected chi connectivity index (χ4v) is 4.56. The topological polar surface area (TPSA) is 63.0 Å². The molecule has 4 rings (SSSR count). The van der Waals surface area contributed by atoms with Gasteiger partial charge in [-0.2, -0.15) is 10.2 Å². The number of ether oxygens (including phenoxy) is 1. The van der Waals surface area contributed by atoms with Crippen LogP contribution in [0.2, 0.25) is 10.0 Å². The van der Waals surface area contributed by atoms with Crippen LogP contribution in [0.25, 0.3) is 0 Å². The first-order valence-electron chi connectivity index (χ1n) is 10.0. The molecule has 1 aliphatic rings. The van der Waals surface area contributed by atoms with Crippen molar-refractivity contribution >= 4 is 45.0 Å². The molecule has 0 aromatic heterocycles. The van der Waals surface area contributed by atoms with Crippen molar-refractivity contribution in [2.45, 2.75) is 24.5 Å². The number of amides is 1. The van der Waals surface area contributed by atoms with Crippen LogP contribution in [0, 0.1) is 0 Å². The van der Waals surface area contributed by atoms with E-state index in [4.69, 9.17) is 27.9 Å². The lowest BCUT2D eigenvalue weighted by molar-refractivity contribution is 0.0927. The zero-order valence-corrected chi connectivity index (χ0v) is 20.2. The maximum atomic E-state index is 13.2. The molecule has 3 aromatic rings. The minimum absolute atomic E-state index is 0.0927. The molecule has 5 nitrogen and oxygen atoms in total. The van der Waals surface area contributed by atoms with Gasteiger partial charge in [-0.3, -0.25) is 4.79 Å². The maximum absolute atomic E-state index is 13.2. The fraction of sp³-hybridized carbons (Fsp3) is 0.208. The Balaban J connectivity index is 1.63. The van der Waals surface area contributed by atoms with E-state index in [1.165, 1.54) is 7.11 Å². The van der Waals surface area contributed by atoms with Gasteiger partial charge in [0.1, 0.15) is 5.75 Å². The van der Waals surface area contributed by atoms with Crippen molar-refractivity contribution in [1.29, 1.82) is 0 Å². The number of rotatable bonds is 6. The molecule has 8 heteroatoms. The Morgan fingerprint density at radius 2 is 1.84 bits per heavy atom. The molecular weight excluding hydrogens is 513 g/mol. The Labute approximate surface area is 204 Å². The van der Waals surface area contributed by atoms with Crippen LogP contribution in [0.5, 0.6) is 5.75 Å². The number of azo groups is 1. The number of benzene rings is 3.